The van der Waals surface area contributed by atoms with Crippen LogP contribution in [0.15, 0.2) is 0 Å². The van der Waals surface area contributed by atoms with Gasteiger partial charge >= 0.3 is 12.0 Å². The van der Waals surface area contributed by atoms with Crippen molar-refractivity contribution in [3.05, 3.63) is 0 Å². The molecule has 1 saturated heterocycles. The van der Waals surface area contributed by atoms with Gasteiger partial charge in [0.2, 0.25) is 5.91 Å². The summed E-state index contributed by atoms with van der Waals surface area (Å²) >= 11 is 0. The van der Waals surface area contributed by atoms with E-state index in [0.29, 0.717) is 32.4 Å². The number of aliphatic carboxylic acids is 1. The SMILES string of the molecule is CC1(O)CCCN(C(=O)N[C@H](CCC(N)=O)C(=O)O)CC1. The predicted molar refractivity (Wildman–Crippen MR) is 74.4 cm³/mol. The van der Waals surface area contributed by atoms with E-state index in [1.54, 1.807) is 6.92 Å². The molecule has 1 aliphatic heterocycles. The molecule has 120 valence electrons. The molecular weight excluding hydrogens is 278 g/mol. The number of urea groups is 1. The smallest absolute Gasteiger partial charge is 0.326 e. The highest BCUT2D eigenvalue weighted by Gasteiger charge is 2.29. The normalized spacial score (nSPS) is 24.0. The van der Waals surface area contributed by atoms with Gasteiger partial charge in [0.25, 0.3) is 0 Å². The first-order valence-corrected chi connectivity index (χ1v) is 7.00. The van der Waals surface area contributed by atoms with E-state index in [2.05, 4.69) is 5.32 Å². The van der Waals surface area contributed by atoms with E-state index >= 15 is 0 Å². The number of hydrogen-bond acceptors (Lipinski definition) is 4. The third kappa shape index (κ3) is 5.99. The van der Waals surface area contributed by atoms with Gasteiger partial charge in [0.15, 0.2) is 0 Å². The van der Waals surface area contributed by atoms with Crippen LogP contribution in [0.2, 0.25) is 0 Å². The lowest BCUT2D eigenvalue weighted by Gasteiger charge is -2.24. The molecule has 0 radical (unpaired) electrons. The Labute approximate surface area is 123 Å². The van der Waals surface area contributed by atoms with E-state index in [9.17, 15) is 19.5 Å². The van der Waals surface area contributed by atoms with Crippen molar-refractivity contribution >= 4 is 17.9 Å². The van der Waals surface area contributed by atoms with E-state index in [1.807, 2.05) is 0 Å². The number of aliphatic hydroxyl groups is 1. The second-order valence-corrected chi connectivity index (χ2v) is 5.68. The van der Waals surface area contributed by atoms with Crippen LogP contribution in [0.5, 0.6) is 0 Å². The number of primary amides is 1. The molecule has 0 saturated carbocycles. The van der Waals surface area contributed by atoms with Crippen molar-refractivity contribution in [3.8, 4) is 0 Å². The van der Waals surface area contributed by atoms with Crippen molar-refractivity contribution in [3.63, 3.8) is 0 Å². The van der Waals surface area contributed by atoms with E-state index in [-0.39, 0.29) is 12.8 Å². The summed E-state index contributed by atoms with van der Waals surface area (Å²) in [5.41, 5.74) is 4.18. The molecule has 21 heavy (non-hydrogen) atoms. The summed E-state index contributed by atoms with van der Waals surface area (Å²) in [5.74, 6) is -1.81. The maximum Gasteiger partial charge on any atom is 0.326 e. The predicted octanol–water partition coefficient (Wildman–Crippen LogP) is -0.348. The highest BCUT2D eigenvalue weighted by Crippen LogP contribution is 2.21. The summed E-state index contributed by atoms with van der Waals surface area (Å²) < 4.78 is 0. The summed E-state index contributed by atoms with van der Waals surface area (Å²) in [6, 6.07) is -1.64. The zero-order valence-corrected chi connectivity index (χ0v) is 12.2. The summed E-state index contributed by atoms with van der Waals surface area (Å²) in [5, 5.41) is 21.4. The van der Waals surface area contributed by atoms with E-state index in [4.69, 9.17) is 10.8 Å². The number of carboxylic acids is 1. The van der Waals surface area contributed by atoms with Crippen LogP contribution in [-0.4, -0.2) is 57.8 Å². The van der Waals surface area contributed by atoms with Gasteiger partial charge in [0.1, 0.15) is 6.04 Å². The molecule has 5 N–H and O–H groups in total. The molecule has 0 spiro atoms. The van der Waals surface area contributed by atoms with Gasteiger partial charge in [-0.15, -0.1) is 0 Å². The lowest BCUT2D eigenvalue weighted by atomic mass is 9.98. The fraction of sp³-hybridized carbons (Fsp3) is 0.769. The maximum absolute atomic E-state index is 12.1. The molecule has 0 aliphatic carbocycles. The van der Waals surface area contributed by atoms with Crippen LogP contribution >= 0.6 is 0 Å². The van der Waals surface area contributed by atoms with Gasteiger partial charge in [-0.05, 0) is 32.6 Å². The van der Waals surface area contributed by atoms with Crippen molar-refractivity contribution in [2.75, 3.05) is 13.1 Å². The molecule has 1 fully saturated rings. The number of nitrogens with one attached hydrogen (secondary N) is 1. The molecular formula is C13H23N3O5. The largest absolute Gasteiger partial charge is 0.480 e. The molecule has 8 heteroatoms. The van der Waals surface area contributed by atoms with Crippen LogP contribution < -0.4 is 11.1 Å². The number of amides is 3. The lowest BCUT2D eigenvalue weighted by molar-refractivity contribution is -0.139. The molecule has 8 nitrogen and oxygen atoms in total. The van der Waals surface area contributed by atoms with Crippen LogP contribution in [0.1, 0.15) is 39.0 Å². The topological polar surface area (TPSA) is 133 Å². The maximum atomic E-state index is 12.1. The summed E-state index contributed by atoms with van der Waals surface area (Å²) in [4.78, 5) is 35.3. The fourth-order valence-electron chi connectivity index (χ4n) is 2.25. The van der Waals surface area contributed by atoms with E-state index in [0.717, 1.165) is 0 Å². The van der Waals surface area contributed by atoms with E-state index in [1.165, 1.54) is 4.90 Å². The van der Waals surface area contributed by atoms with Crippen LogP contribution in [0.4, 0.5) is 4.79 Å². The quantitative estimate of drug-likeness (QED) is 0.551. The molecule has 0 aromatic rings. The Morgan fingerprint density at radius 1 is 1.33 bits per heavy atom. The molecule has 0 aromatic heterocycles. The molecule has 2 atom stereocenters. The minimum absolute atomic E-state index is 0.0397. The van der Waals surface area contributed by atoms with Crippen LogP contribution in [0.25, 0.3) is 0 Å². The molecule has 3 amide bonds. The van der Waals surface area contributed by atoms with Crippen molar-refractivity contribution < 1.29 is 24.6 Å². The molecule has 1 heterocycles. The first-order valence-electron chi connectivity index (χ1n) is 7.00. The number of nitrogens with zero attached hydrogens (tertiary/aromatic N) is 1. The molecule has 1 unspecified atom stereocenters. The zero-order chi connectivity index (χ0) is 16.0. The molecule has 0 bridgehead atoms. The summed E-state index contributed by atoms with van der Waals surface area (Å²) in [7, 11) is 0. The van der Waals surface area contributed by atoms with Crippen LogP contribution in [0.3, 0.4) is 0 Å². The highest BCUT2D eigenvalue weighted by molar-refractivity contribution is 5.83. The number of likely N-dealkylation sites (tertiary alicyclic amines) is 1. The van der Waals surface area contributed by atoms with Crippen LogP contribution in [0, 0.1) is 0 Å². The average Bonchev–Trinajstić information content (AvgIpc) is 2.54. The Hall–Kier alpha value is -1.83. The van der Waals surface area contributed by atoms with Gasteiger partial charge in [0.05, 0.1) is 5.60 Å². The monoisotopic (exact) mass is 301 g/mol. The first-order chi connectivity index (χ1) is 9.71. The number of hydrogen-bond donors (Lipinski definition) is 4. The fourth-order valence-corrected chi connectivity index (χ4v) is 2.25. The number of rotatable bonds is 5. The van der Waals surface area contributed by atoms with Crippen molar-refractivity contribution in [1.29, 1.82) is 0 Å². The Morgan fingerprint density at radius 2 is 2.00 bits per heavy atom. The van der Waals surface area contributed by atoms with Gasteiger partial charge in [-0.1, -0.05) is 0 Å². The number of carboxylic acid groups (broad SMARTS) is 1. The van der Waals surface area contributed by atoms with Gasteiger partial charge in [-0.3, -0.25) is 4.79 Å². The standard InChI is InChI=1S/C13H23N3O5/c1-13(21)5-2-7-16(8-6-13)12(20)15-9(11(18)19)3-4-10(14)17/h9,21H,2-8H2,1H3,(H2,14,17)(H,15,20)(H,18,19)/t9-,13?/m1/s1. The van der Waals surface area contributed by atoms with Gasteiger partial charge < -0.3 is 26.2 Å². The minimum atomic E-state index is -1.20. The Balaban J connectivity index is 2.56. The van der Waals surface area contributed by atoms with Gasteiger partial charge in [0, 0.05) is 19.5 Å². The Bertz CT molecular complexity index is 411. The second kappa shape index (κ2) is 7.26. The summed E-state index contributed by atoms with van der Waals surface area (Å²) in [6.45, 7) is 2.55. The zero-order valence-electron chi connectivity index (χ0n) is 12.2. The number of carbonyl (C=O) groups excluding carboxylic acids is 2. The Morgan fingerprint density at radius 3 is 2.57 bits per heavy atom. The minimum Gasteiger partial charge on any atom is -0.480 e. The third-order valence-electron chi connectivity index (χ3n) is 3.63. The van der Waals surface area contributed by atoms with E-state index < -0.39 is 29.6 Å². The van der Waals surface area contributed by atoms with Crippen molar-refractivity contribution in [2.45, 2.75) is 50.7 Å². The van der Waals surface area contributed by atoms with Crippen molar-refractivity contribution in [1.82, 2.24) is 10.2 Å². The summed E-state index contributed by atoms with van der Waals surface area (Å²) in [6.07, 6.45) is 1.55. The molecule has 1 rings (SSSR count). The molecule has 1 aliphatic rings. The third-order valence-corrected chi connectivity index (χ3v) is 3.63. The highest BCUT2D eigenvalue weighted by atomic mass is 16.4. The lowest BCUT2D eigenvalue weighted by Crippen LogP contribution is -2.48. The molecule has 0 aromatic carbocycles. The second-order valence-electron chi connectivity index (χ2n) is 5.68. The first kappa shape index (κ1) is 17.2. The van der Waals surface area contributed by atoms with Gasteiger partial charge in [-0.2, -0.15) is 0 Å². The number of carbonyl (C=O) groups is 3. The Kier molecular flexibility index (Phi) is 5.95. The van der Waals surface area contributed by atoms with Gasteiger partial charge in [-0.25, -0.2) is 9.59 Å². The van der Waals surface area contributed by atoms with Crippen molar-refractivity contribution in [2.24, 2.45) is 5.73 Å². The number of nitrogens with two attached hydrogens (primary N) is 1. The average molecular weight is 301 g/mol. The van der Waals surface area contributed by atoms with Crippen LogP contribution in [-0.2, 0) is 9.59 Å².